The van der Waals surface area contributed by atoms with E-state index in [0.29, 0.717) is 17.7 Å². The molecule has 1 amide bonds. The van der Waals surface area contributed by atoms with E-state index in [1.165, 1.54) is 25.5 Å². The lowest BCUT2D eigenvalue weighted by molar-refractivity contribution is 0.0904. The monoisotopic (exact) mass is 233 g/mol. The average molecular weight is 233 g/mol. The molecule has 1 aromatic heterocycles. The van der Waals surface area contributed by atoms with Gasteiger partial charge < -0.3 is 5.32 Å². The normalized spacial score (nSPS) is 24.4. The van der Waals surface area contributed by atoms with Crippen LogP contribution in [0.15, 0.2) is 12.4 Å². The van der Waals surface area contributed by atoms with Crippen LogP contribution < -0.4 is 5.32 Å². The van der Waals surface area contributed by atoms with E-state index in [2.05, 4.69) is 22.2 Å². The van der Waals surface area contributed by atoms with E-state index in [1.807, 2.05) is 6.92 Å². The van der Waals surface area contributed by atoms with Crippen LogP contribution in [0.2, 0.25) is 0 Å². The van der Waals surface area contributed by atoms with Crippen molar-refractivity contribution in [1.82, 2.24) is 15.3 Å². The molecule has 2 rings (SSSR count). The predicted molar refractivity (Wildman–Crippen MR) is 65.7 cm³/mol. The Morgan fingerprint density at radius 2 is 2.06 bits per heavy atom. The largest absolute Gasteiger partial charge is 0.348 e. The van der Waals surface area contributed by atoms with E-state index in [-0.39, 0.29) is 5.91 Å². The van der Waals surface area contributed by atoms with Crippen LogP contribution in [0.5, 0.6) is 0 Å². The molecule has 4 nitrogen and oxygen atoms in total. The summed E-state index contributed by atoms with van der Waals surface area (Å²) in [5.74, 6) is 0.461. The summed E-state index contributed by atoms with van der Waals surface area (Å²) in [6, 6.07) is 0.291. The molecule has 1 N–H and O–H groups in total. The van der Waals surface area contributed by atoms with Crippen molar-refractivity contribution in [2.75, 3.05) is 0 Å². The lowest BCUT2D eigenvalue weighted by Gasteiger charge is -2.29. The summed E-state index contributed by atoms with van der Waals surface area (Å²) < 4.78 is 0. The Hall–Kier alpha value is -1.45. The van der Waals surface area contributed by atoms with Gasteiger partial charge in [0, 0.05) is 12.2 Å². The molecular weight excluding hydrogens is 214 g/mol. The second kappa shape index (κ2) is 5.25. The molecule has 1 aliphatic carbocycles. The van der Waals surface area contributed by atoms with Crippen LogP contribution in [0.25, 0.3) is 0 Å². The molecule has 1 aliphatic rings. The van der Waals surface area contributed by atoms with Crippen LogP contribution in [-0.4, -0.2) is 21.9 Å². The van der Waals surface area contributed by atoms with Crippen LogP contribution >= 0.6 is 0 Å². The zero-order valence-electron chi connectivity index (χ0n) is 10.4. The maximum Gasteiger partial charge on any atom is 0.271 e. The minimum Gasteiger partial charge on any atom is -0.348 e. The predicted octanol–water partition coefficient (Wildman–Crippen LogP) is 2.09. The lowest BCUT2D eigenvalue weighted by atomic mass is 9.86. The number of carbonyl (C=O) groups excluding carboxylic acids is 1. The van der Waals surface area contributed by atoms with Crippen molar-refractivity contribution < 1.29 is 4.79 Å². The number of hydrogen-bond donors (Lipinski definition) is 1. The van der Waals surface area contributed by atoms with Crippen molar-refractivity contribution in [3.8, 4) is 0 Å². The van der Waals surface area contributed by atoms with Crippen LogP contribution in [0.1, 0.15) is 48.8 Å². The Kier molecular flexibility index (Phi) is 3.71. The molecule has 17 heavy (non-hydrogen) atoms. The summed E-state index contributed by atoms with van der Waals surface area (Å²) in [6.45, 7) is 4.06. The third-order valence-corrected chi connectivity index (χ3v) is 3.44. The first kappa shape index (κ1) is 12.0. The highest BCUT2D eigenvalue weighted by atomic mass is 16.1. The standard InChI is InChI=1S/C13H19N3O/c1-9-5-3-4-6-11(9)16-13(17)12-8-14-10(2)7-15-12/h7-9,11H,3-6H2,1-2H3,(H,16,17)/t9-,11+/m1/s1. The number of nitrogens with one attached hydrogen (secondary N) is 1. The Morgan fingerprint density at radius 1 is 1.29 bits per heavy atom. The van der Waals surface area contributed by atoms with Gasteiger partial charge in [-0.05, 0) is 25.7 Å². The number of nitrogens with zero attached hydrogens (tertiary/aromatic N) is 2. The quantitative estimate of drug-likeness (QED) is 0.851. The van der Waals surface area contributed by atoms with Gasteiger partial charge in [-0.2, -0.15) is 0 Å². The molecule has 0 spiro atoms. The van der Waals surface area contributed by atoms with Gasteiger partial charge in [0.25, 0.3) is 5.91 Å². The number of rotatable bonds is 2. The van der Waals surface area contributed by atoms with Gasteiger partial charge in [0.05, 0.1) is 11.9 Å². The Labute approximate surface area is 102 Å². The molecule has 0 radical (unpaired) electrons. The van der Waals surface area contributed by atoms with Crippen molar-refractivity contribution in [2.45, 2.75) is 45.6 Å². The van der Waals surface area contributed by atoms with E-state index < -0.39 is 0 Å². The van der Waals surface area contributed by atoms with Gasteiger partial charge in [-0.1, -0.05) is 19.8 Å². The zero-order chi connectivity index (χ0) is 12.3. The van der Waals surface area contributed by atoms with Crippen molar-refractivity contribution >= 4 is 5.91 Å². The van der Waals surface area contributed by atoms with Crippen LogP contribution in [0, 0.1) is 12.8 Å². The molecule has 1 saturated carbocycles. The minimum absolute atomic E-state index is 0.101. The van der Waals surface area contributed by atoms with Crippen LogP contribution in [0.3, 0.4) is 0 Å². The second-order valence-electron chi connectivity index (χ2n) is 4.88. The molecule has 0 aliphatic heterocycles. The maximum absolute atomic E-state index is 12.0. The molecule has 92 valence electrons. The molecule has 0 unspecified atom stereocenters. The molecule has 2 atom stereocenters. The molecule has 4 heteroatoms. The fraction of sp³-hybridized carbons (Fsp3) is 0.615. The Bertz CT molecular complexity index is 388. The van der Waals surface area contributed by atoms with Gasteiger partial charge in [0.2, 0.25) is 0 Å². The second-order valence-corrected chi connectivity index (χ2v) is 4.88. The summed E-state index contributed by atoms with van der Waals surface area (Å²) in [5.41, 5.74) is 1.24. The first-order valence-corrected chi connectivity index (χ1v) is 6.26. The number of aryl methyl sites for hydroxylation is 1. The van der Waals surface area contributed by atoms with Crippen molar-refractivity contribution in [3.05, 3.63) is 23.8 Å². The smallest absolute Gasteiger partial charge is 0.271 e. The van der Waals surface area contributed by atoms with Gasteiger partial charge in [-0.15, -0.1) is 0 Å². The van der Waals surface area contributed by atoms with Crippen molar-refractivity contribution in [3.63, 3.8) is 0 Å². The number of carbonyl (C=O) groups is 1. The summed E-state index contributed by atoms with van der Waals surface area (Å²) in [4.78, 5) is 20.1. The van der Waals surface area contributed by atoms with E-state index in [0.717, 1.165) is 12.1 Å². The first-order valence-electron chi connectivity index (χ1n) is 6.26. The summed E-state index contributed by atoms with van der Waals surface area (Å²) in [5, 5.41) is 3.06. The van der Waals surface area contributed by atoms with E-state index >= 15 is 0 Å². The molecule has 1 heterocycles. The fourth-order valence-electron chi connectivity index (χ4n) is 2.28. The van der Waals surface area contributed by atoms with Gasteiger partial charge in [-0.3, -0.25) is 9.78 Å². The lowest BCUT2D eigenvalue weighted by Crippen LogP contribution is -2.41. The third kappa shape index (κ3) is 3.02. The minimum atomic E-state index is -0.101. The highest BCUT2D eigenvalue weighted by molar-refractivity contribution is 5.92. The average Bonchev–Trinajstić information content (AvgIpc) is 2.33. The third-order valence-electron chi connectivity index (χ3n) is 3.44. The zero-order valence-corrected chi connectivity index (χ0v) is 10.4. The van der Waals surface area contributed by atoms with Crippen LogP contribution in [-0.2, 0) is 0 Å². The molecule has 0 bridgehead atoms. The Morgan fingerprint density at radius 3 is 2.71 bits per heavy atom. The van der Waals surface area contributed by atoms with Gasteiger partial charge in [0.1, 0.15) is 5.69 Å². The van der Waals surface area contributed by atoms with Crippen molar-refractivity contribution in [1.29, 1.82) is 0 Å². The van der Waals surface area contributed by atoms with E-state index in [9.17, 15) is 4.79 Å². The van der Waals surface area contributed by atoms with E-state index in [4.69, 9.17) is 0 Å². The van der Waals surface area contributed by atoms with Gasteiger partial charge >= 0.3 is 0 Å². The van der Waals surface area contributed by atoms with Crippen LogP contribution in [0.4, 0.5) is 0 Å². The van der Waals surface area contributed by atoms with Gasteiger partial charge in [-0.25, -0.2) is 4.98 Å². The first-order chi connectivity index (χ1) is 8.16. The summed E-state index contributed by atoms with van der Waals surface area (Å²) >= 11 is 0. The topological polar surface area (TPSA) is 54.9 Å². The number of aromatic nitrogens is 2. The maximum atomic E-state index is 12.0. The SMILES string of the molecule is Cc1cnc(C(=O)N[C@H]2CCCC[C@H]2C)cn1. The highest BCUT2D eigenvalue weighted by Crippen LogP contribution is 2.23. The molecule has 0 saturated heterocycles. The summed E-state index contributed by atoms with van der Waals surface area (Å²) in [6.07, 6.45) is 7.92. The molecular formula is C13H19N3O. The fourth-order valence-corrected chi connectivity index (χ4v) is 2.28. The number of amides is 1. The van der Waals surface area contributed by atoms with Crippen molar-refractivity contribution in [2.24, 2.45) is 5.92 Å². The van der Waals surface area contributed by atoms with Gasteiger partial charge in [0.15, 0.2) is 0 Å². The summed E-state index contributed by atoms with van der Waals surface area (Å²) in [7, 11) is 0. The highest BCUT2D eigenvalue weighted by Gasteiger charge is 2.23. The van der Waals surface area contributed by atoms with E-state index in [1.54, 1.807) is 6.20 Å². The molecule has 1 fully saturated rings. The Balaban J connectivity index is 1.98. The molecule has 0 aromatic carbocycles. The number of hydrogen-bond acceptors (Lipinski definition) is 3. The molecule has 1 aromatic rings.